The highest BCUT2D eigenvalue weighted by molar-refractivity contribution is 8.76. The Balaban J connectivity index is 0.765. The average Bonchev–Trinajstić information content (AvgIpc) is 4.16. The SMILES string of the molecule is COCCOCCNC(=O)C(CSSCCCC(=O)OCc1ccc(-c2ccnc3ccc(-c4cnc(OC)c(N)c4)cc23)cn1)NC(=O)CCc1cccc2c1CN(C(=O)C[C@@H]1C[C@@H](CN3CC(C)(F)C[C@H]3C#N)NC1=O)C2. The van der Waals surface area contributed by atoms with Crippen LogP contribution >= 0.6 is 21.6 Å². The Bertz CT molecular complexity index is 3020. The van der Waals surface area contributed by atoms with Crippen LogP contribution in [-0.4, -0.2) is 143 Å². The molecule has 8 rings (SSSR count). The Labute approximate surface area is 467 Å². The molecule has 0 aliphatic carbocycles. The van der Waals surface area contributed by atoms with Gasteiger partial charge in [0.15, 0.2) is 0 Å². The minimum absolute atomic E-state index is 0.0203. The predicted molar refractivity (Wildman–Crippen MR) is 300 cm³/mol. The zero-order valence-corrected chi connectivity index (χ0v) is 46.3. The third-order valence-corrected chi connectivity index (χ3v) is 16.7. The molecule has 0 spiro atoms. The van der Waals surface area contributed by atoms with Gasteiger partial charge in [-0.2, -0.15) is 5.26 Å². The number of hydrogen-bond acceptors (Lipinski definition) is 17. The molecule has 0 bridgehead atoms. The summed E-state index contributed by atoms with van der Waals surface area (Å²) in [5.41, 5.74) is 13.0. The number of benzene rings is 2. The Kier molecular flexibility index (Phi) is 20.5. The van der Waals surface area contributed by atoms with Crippen molar-refractivity contribution < 1.29 is 47.3 Å². The van der Waals surface area contributed by atoms with Crippen LogP contribution < -0.4 is 26.4 Å². The maximum absolute atomic E-state index is 14.7. The Hall–Kier alpha value is -6.90. The summed E-state index contributed by atoms with van der Waals surface area (Å²) in [4.78, 5) is 83.2. The lowest BCUT2D eigenvalue weighted by molar-refractivity contribution is -0.145. The van der Waals surface area contributed by atoms with E-state index in [1.807, 2.05) is 60.7 Å². The van der Waals surface area contributed by atoms with E-state index >= 15 is 0 Å². The largest absolute Gasteiger partial charge is 0.480 e. The summed E-state index contributed by atoms with van der Waals surface area (Å²) in [5, 5.41) is 19.2. The van der Waals surface area contributed by atoms with Crippen molar-refractivity contribution in [2.75, 3.05) is 70.9 Å². The quantitative estimate of drug-likeness (QED) is 0.0263. The van der Waals surface area contributed by atoms with Crippen molar-refractivity contribution >= 4 is 67.8 Å². The average molecular weight is 1120 g/mol. The van der Waals surface area contributed by atoms with E-state index in [4.69, 9.17) is 24.7 Å². The van der Waals surface area contributed by atoms with Gasteiger partial charge in [-0.1, -0.05) is 51.9 Å². The highest BCUT2D eigenvalue weighted by Crippen LogP contribution is 2.35. The number of halogens is 1. The molecule has 3 aliphatic rings. The molecule has 0 saturated carbocycles. The number of alkyl halides is 1. The lowest BCUT2D eigenvalue weighted by atomic mass is 9.98. The van der Waals surface area contributed by atoms with E-state index in [9.17, 15) is 33.6 Å². The predicted octanol–water partition coefficient (Wildman–Crippen LogP) is 6.11. The van der Waals surface area contributed by atoms with E-state index in [-0.39, 0.29) is 93.4 Å². The molecular weight excluding hydrogens is 1050 g/mol. The minimum Gasteiger partial charge on any atom is -0.480 e. The number of fused-ring (bicyclic) bond motifs is 2. The maximum Gasteiger partial charge on any atom is 0.306 e. The number of rotatable bonds is 27. The molecule has 22 heteroatoms. The second-order valence-electron chi connectivity index (χ2n) is 20.2. The van der Waals surface area contributed by atoms with Crippen molar-refractivity contribution in [3.05, 3.63) is 102 Å². The monoisotopic (exact) mass is 1120 g/mol. The molecule has 2 aromatic carbocycles. The molecule has 3 aromatic heterocycles. The molecule has 418 valence electrons. The van der Waals surface area contributed by atoms with Crippen LogP contribution in [0.15, 0.2) is 79.3 Å². The summed E-state index contributed by atoms with van der Waals surface area (Å²) in [6.07, 6.45) is 7.02. The lowest BCUT2D eigenvalue weighted by Gasteiger charge is -2.23. The fraction of sp³-hybridized carbons (Fsp3) is 0.456. The van der Waals surface area contributed by atoms with Gasteiger partial charge in [0.1, 0.15) is 24.4 Å². The number of aromatic nitrogens is 3. The molecule has 5 atom stereocenters. The molecular formula is C57H67FN10O9S2. The summed E-state index contributed by atoms with van der Waals surface area (Å²) in [7, 11) is 6.02. The zero-order chi connectivity index (χ0) is 55.9. The number of ether oxygens (including phenoxy) is 4. The van der Waals surface area contributed by atoms with Crippen LogP contribution in [0.1, 0.15) is 67.8 Å². The van der Waals surface area contributed by atoms with Gasteiger partial charge < -0.3 is 45.5 Å². The maximum atomic E-state index is 14.7. The smallest absolute Gasteiger partial charge is 0.306 e. The molecule has 0 radical (unpaired) electrons. The van der Waals surface area contributed by atoms with Crippen LogP contribution in [0.25, 0.3) is 33.2 Å². The number of anilines is 1. The molecule has 2 saturated heterocycles. The van der Waals surface area contributed by atoms with Crippen LogP contribution in [0.5, 0.6) is 5.88 Å². The van der Waals surface area contributed by atoms with Crippen LogP contribution in [0, 0.1) is 17.2 Å². The molecule has 79 heavy (non-hydrogen) atoms. The third-order valence-electron chi connectivity index (χ3n) is 14.2. The number of nitrogens with two attached hydrogens (primary N) is 1. The number of nitriles is 1. The van der Waals surface area contributed by atoms with Gasteiger partial charge in [0.05, 0.1) is 49.9 Å². The van der Waals surface area contributed by atoms with Gasteiger partial charge >= 0.3 is 5.97 Å². The van der Waals surface area contributed by atoms with Gasteiger partial charge in [0, 0.05) is 124 Å². The highest BCUT2D eigenvalue weighted by atomic mass is 33.1. The van der Waals surface area contributed by atoms with Gasteiger partial charge in [-0.15, -0.1) is 0 Å². The molecule has 5 N–H and O–H groups in total. The van der Waals surface area contributed by atoms with Gasteiger partial charge in [0.25, 0.3) is 0 Å². The summed E-state index contributed by atoms with van der Waals surface area (Å²) in [6.45, 7) is 4.04. The van der Waals surface area contributed by atoms with E-state index in [2.05, 4.69) is 37.0 Å². The van der Waals surface area contributed by atoms with Gasteiger partial charge in [0.2, 0.25) is 29.5 Å². The van der Waals surface area contributed by atoms with E-state index < -0.39 is 23.7 Å². The van der Waals surface area contributed by atoms with E-state index in [0.29, 0.717) is 75.1 Å². The number of esters is 1. The molecule has 3 aliphatic heterocycles. The first kappa shape index (κ1) is 58.3. The van der Waals surface area contributed by atoms with Crippen LogP contribution in [0.4, 0.5) is 10.1 Å². The summed E-state index contributed by atoms with van der Waals surface area (Å²) >= 11 is 0. The summed E-state index contributed by atoms with van der Waals surface area (Å²) in [6, 6.07) is 19.8. The van der Waals surface area contributed by atoms with Crippen LogP contribution in [-0.2, 0) is 64.3 Å². The molecule has 2 unspecified atom stereocenters. The van der Waals surface area contributed by atoms with E-state index in [1.165, 1.54) is 35.6 Å². The minimum atomic E-state index is -1.46. The van der Waals surface area contributed by atoms with Crippen molar-refractivity contribution in [1.29, 1.82) is 5.26 Å². The van der Waals surface area contributed by atoms with Gasteiger partial charge in [-0.05, 0) is 84.3 Å². The van der Waals surface area contributed by atoms with Gasteiger partial charge in [-0.25, -0.2) is 9.37 Å². The second kappa shape index (κ2) is 27.8. The van der Waals surface area contributed by atoms with E-state index in [0.717, 1.165) is 49.8 Å². The topological polar surface area (TPSA) is 253 Å². The molecule has 6 heterocycles. The number of likely N-dealkylation sites (tertiary alicyclic amines) is 1. The molecule has 5 aromatic rings. The zero-order valence-electron chi connectivity index (χ0n) is 44.7. The van der Waals surface area contributed by atoms with Crippen molar-refractivity contribution in [2.45, 2.75) is 95.4 Å². The number of pyridine rings is 3. The van der Waals surface area contributed by atoms with Crippen LogP contribution in [0.3, 0.4) is 0 Å². The fourth-order valence-electron chi connectivity index (χ4n) is 10.1. The Morgan fingerprint density at radius 1 is 0.987 bits per heavy atom. The molecule has 2 fully saturated rings. The van der Waals surface area contributed by atoms with E-state index in [1.54, 1.807) is 35.5 Å². The lowest BCUT2D eigenvalue weighted by Crippen LogP contribution is -2.49. The number of nitrogen functional groups attached to an aromatic ring is 1. The van der Waals surface area contributed by atoms with Crippen LogP contribution in [0.2, 0.25) is 0 Å². The number of aryl methyl sites for hydroxylation is 1. The standard InChI is InChI=1S/C57H67FN10O9S2/c1-57(58)26-44(27-59)68(35-57)31-43-22-40(54(72)65-43)25-52(70)67-30-39-7-4-6-36(47(39)32-67)11-14-51(69)66-50(55(73)62-17-18-76-20-19-74-2)34-79-78-21-5-8-53(71)77-33-42-12-9-38(28-63-42)45-15-16-61-49-13-10-37(23-46(45)49)41-24-48(60)56(75-3)64-29-41/h4,6-7,9-10,12-13,15-16,23-24,28-29,40,43-44,50H,5,8,11,14,17-22,25-26,30-35,60H2,1-3H3,(H,62,73)(H,65,72)(H,66,69)/t40-,43-,44-,50?,57?/m0/s1. The van der Waals surface area contributed by atoms with Crippen molar-refractivity contribution in [3.8, 4) is 34.2 Å². The Morgan fingerprint density at radius 3 is 2.61 bits per heavy atom. The summed E-state index contributed by atoms with van der Waals surface area (Å²) < 4.78 is 36.0. The van der Waals surface area contributed by atoms with Gasteiger partial charge in [-0.3, -0.25) is 38.8 Å². The number of carbonyl (C=O) groups excluding carboxylic acids is 5. The first-order valence-corrected chi connectivity index (χ1v) is 28.9. The fourth-order valence-corrected chi connectivity index (χ4v) is 12.4. The number of carbonyl (C=O) groups is 5. The molecule has 4 amide bonds. The second-order valence-corrected chi connectivity index (χ2v) is 22.8. The number of nitrogens with zero attached hydrogens (tertiary/aromatic N) is 6. The number of amides is 4. The normalized spacial score (nSPS) is 19.2. The Morgan fingerprint density at radius 2 is 1.82 bits per heavy atom. The number of nitrogens with one attached hydrogen (secondary N) is 3. The first-order chi connectivity index (χ1) is 38.2. The number of hydrogen-bond donors (Lipinski definition) is 4. The van der Waals surface area contributed by atoms with Crippen molar-refractivity contribution in [1.82, 2.24) is 40.7 Å². The number of methoxy groups -OCH3 is 2. The van der Waals surface area contributed by atoms with Crippen molar-refractivity contribution in [2.24, 2.45) is 5.92 Å². The molecule has 19 nitrogen and oxygen atoms in total. The van der Waals surface area contributed by atoms with Crippen molar-refractivity contribution in [3.63, 3.8) is 0 Å². The highest BCUT2D eigenvalue weighted by Gasteiger charge is 2.44. The summed E-state index contributed by atoms with van der Waals surface area (Å²) in [5.74, 6) is -0.659. The third kappa shape index (κ3) is 15.9. The first-order valence-electron chi connectivity index (χ1n) is 26.4.